The summed E-state index contributed by atoms with van der Waals surface area (Å²) < 4.78 is 32.7. The lowest BCUT2D eigenvalue weighted by Crippen LogP contribution is -2.64. The van der Waals surface area contributed by atoms with Crippen LogP contribution in [0.3, 0.4) is 0 Å². The molecule has 0 radical (unpaired) electrons. The van der Waals surface area contributed by atoms with Gasteiger partial charge in [0.1, 0.15) is 42.7 Å². The van der Waals surface area contributed by atoms with E-state index in [-0.39, 0.29) is 19.6 Å². The standard InChI is InChI=1S/C15H30NO14P/c16-27-3-2-26-15-13(11(21)9(19)7(5-17)29-15)30-14-12(22)10(20)8(18)6(28-14)1-4-31(23,24)25/h6-15,17-22H,1-5,16H2,(H2,23,24,25)/t6?,7?,8-,9-,10?,11?,12?,13?,14-,15+/m1/s1. The summed E-state index contributed by atoms with van der Waals surface area (Å²) in [5.41, 5.74) is 0. The SMILES string of the molecule is NOCCO[C@H]1OC(CO)[C@@H](O)C(O)C1O[C@H]1OC(CCP(=O)(O)O)[C@@H](O)C(O)C1O. The molecule has 0 aromatic carbocycles. The van der Waals surface area contributed by atoms with Crippen molar-refractivity contribution in [1.29, 1.82) is 0 Å². The molecule has 0 saturated carbocycles. The van der Waals surface area contributed by atoms with Crippen LogP contribution < -0.4 is 5.90 Å². The summed E-state index contributed by atoms with van der Waals surface area (Å²) in [4.78, 5) is 22.4. The van der Waals surface area contributed by atoms with Crippen LogP contribution in [-0.2, 0) is 28.4 Å². The van der Waals surface area contributed by atoms with E-state index in [0.717, 1.165) is 0 Å². The molecule has 15 nitrogen and oxygen atoms in total. The Kier molecular flexibility index (Phi) is 10.2. The largest absolute Gasteiger partial charge is 0.394 e. The Morgan fingerprint density at radius 3 is 2.03 bits per heavy atom. The van der Waals surface area contributed by atoms with Gasteiger partial charge in [-0.25, -0.2) is 5.90 Å². The van der Waals surface area contributed by atoms with E-state index in [1.54, 1.807) is 0 Å². The molecule has 0 aromatic heterocycles. The number of hydrogen-bond donors (Lipinski definition) is 9. The number of aliphatic hydroxyl groups excluding tert-OH is 6. The first-order valence-electron chi connectivity index (χ1n) is 9.45. The molecular weight excluding hydrogens is 449 g/mol. The summed E-state index contributed by atoms with van der Waals surface area (Å²) >= 11 is 0. The predicted molar refractivity (Wildman–Crippen MR) is 96.9 cm³/mol. The van der Waals surface area contributed by atoms with Crippen molar-refractivity contribution in [3.05, 3.63) is 0 Å². The molecule has 2 rings (SSSR count). The van der Waals surface area contributed by atoms with Gasteiger partial charge in [-0.3, -0.25) is 4.57 Å². The van der Waals surface area contributed by atoms with E-state index in [1.165, 1.54) is 0 Å². The monoisotopic (exact) mass is 479 g/mol. The van der Waals surface area contributed by atoms with Crippen LogP contribution in [0, 0.1) is 0 Å². The minimum atomic E-state index is -4.44. The molecule has 6 unspecified atom stereocenters. The molecule has 0 aliphatic carbocycles. The van der Waals surface area contributed by atoms with E-state index >= 15 is 0 Å². The average molecular weight is 479 g/mol. The molecule has 0 aromatic rings. The molecule has 0 bridgehead atoms. The van der Waals surface area contributed by atoms with Crippen LogP contribution in [0.25, 0.3) is 0 Å². The quantitative estimate of drug-likeness (QED) is 0.0808. The number of nitrogens with two attached hydrogens (primary N) is 1. The molecule has 2 fully saturated rings. The zero-order valence-electron chi connectivity index (χ0n) is 16.4. The Labute approximate surface area is 177 Å². The van der Waals surface area contributed by atoms with Crippen molar-refractivity contribution in [3.63, 3.8) is 0 Å². The van der Waals surface area contributed by atoms with Gasteiger partial charge in [0.15, 0.2) is 12.6 Å². The molecule has 184 valence electrons. The Balaban J connectivity index is 2.14. The second-order valence-electron chi connectivity index (χ2n) is 7.24. The maximum Gasteiger partial charge on any atom is 0.325 e. The van der Waals surface area contributed by atoms with Gasteiger partial charge in [0, 0.05) is 0 Å². The molecule has 2 saturated heterocycles. The minimum absolute atomic E-state index is 0.0765. The molecular formula is C15H30NO14P. The molecule has 16 heteroatoms. The lowest BCUT2D eigenvalue weighted by molar-refractivity contribution is -0.366. The van der Waals surface area contributed by atoms with Gasteiger partial charge in [0.05, 0.1) is 32.1 Å². The fourth-order valence-electron chi connectivity index (χ4n) is 3.27. The van der Waals surface area contributed by atoms with Gasteiger partial charge in [0.25, 0.3) is 0 Å². The number of aliphatic hydroxyl groups is 6. The molecule has 2 aliphatic rings. The molecule has 10 atom stereocenters. The predicted octanol–water partition coefficient (Wildman–Crippen LogP) is -4.91. The number of rotatable bonds is 10. The highest BCUT2D eigenvalue weighted by Crippen LogP contribution is 2.37. The fourth-order valence-corrected chi connectivity index (χ4v) is 3.86. The van der Waals surface area contributed by atoms with E-state index in [4.69, 9.17) is 34.6 Å². The van der Waals surface area contributed by atoms with Gasteiger partial charge < -0.3 is 64.2 Å². The molecule has 2 heterocycles. The number of hydrogen-bond acceptors (Lipinski definition) is 13. The van der Waals surface area contributed by atoms with Crippen molar-refractivity contribution in [2.45, 2.75) is 67.8 Å². The molecule has 0 spiro atoms. The van der Waals surface area contributed by atoms with E-state index in [9.17, 15) is 35.2 Å². The Bertz CT molecular complexity index is 594. The Morgan fingerprint density at radius 2 is 1.45 bits per heavy atom. The molecule has 10 N–H and O–H groups in total. The van der Waals surface area contributed by atoms with Crippen molar-refractivity contribution in [1.82, 2.24) is 0 Å². The number of ether oxygens (including phenoxy) is 4. The smallest absolute Gasteiger partial charge is 0.325 e. The molecule has 0 amide bonds. The van der Waals surface area contributed by atoms with Crippen molar-refractivity contribution in [2.75, 3.05) is 26.0 Å². The van der Waals surface area contributed by atoms with E-state index in [0.29, 0.717) is 0 Å². The highest BCUT2D eigenvalue weighted by atomic mass is 31.2. The summed E-state index contributed by atoms with van der Waals surface area (Å²) in [5.74, 6) is 4.91. The van der Waals surface area contributed by atoms with Gasteiger partial charge in [0.2, 0.25) is 0 Å². The van der Waals surface area contributed by atoms with Crippen LogP contribution >= 0.6 is 7.60 Å². The maximum atomic E-state index is 11.1. The van der Waals surface area contributed by atoms with Crippen LogP contribution in [0.5, 0.6) is 0 Å². The second-order valence-corrected chi connectivity index (χ2v) is 9.02. The zero-order chi connectivity index (χ0) is 23.3. The van der Waals surface area contributed by atoms with E-state index in [2.05, 4.69) is 4.84 Å². The van der Waals surface area contributed by atoms with Crippen molar-refractivity contribution < 1.29 is 68.8 Å². The summed E-state index contributed by atoms with van der Waals surface area (Å²) in [6, 6.07) is 0. The topological polar surface area (TPSA) is 251 Å². The summed E-state index contributed by atoms with van der Waals surface area (Å²) in [6.45, 7) is -0.870. The Hall–Kier alpha value is -0.330. The maximum absolute atomic E-state index is 11.1. The van der Waals surface area contributed by atoms with Gasteiger partial charge in [-0.15, -0.1) is 0 Å². The Morgan fingerprint density at radius 1 is 0.839 bits per heavy atom. The first-order valence-corrected chi connectivity index (χ1v) is 11.2. The van der Waals surface area contributed by atoms with Crippen LogP contribution in [-0.4, -0.2) is 128 Å². The average Bonchev–Trinajstić information content (AvgIpc) is 2.71. The minimum Gasteiger partial charge on any atom is -0.394 e. The van der Waals surface area contributed by atoms with E-state index in [1.807, 2.05) is 0 Å². The summed E-state index contributed by atoms with van der Waals surface area (Å²) in [6.07, 6.45) is -16.8. The van der Waals surface area contributed by atoms with Gasteiger partial charge >= 0.3 is 7.60 Å². The molecule has 31 heavy (non-hydrogen) atoms. The first kappa shape index (κ1) is 26.9. The van der Waals surface area contributed by atoms with Crippen LogP contribution in [0.4, 0.5) is 0 Å². The van der Waals surface area contributed by atoms with Gasteiger partial charge in [-0.05, 0) is 6.42 Å². The van der Waals surface area contributed by atoms with Gasteiger partial charge in [-0.1, -0.05) is 0 Å². The van der Waals surface area contributed by atoms with Crippen molar-refractivity contribution in [2.24, 2.45) is 5.90 Å². The highest BCUT2D eigenvalue weighted by molar-refractivity contribution is 7.51. The third-order valence-electron chi connectivity index (χ3n) is 4.97. The normalized spacial score (nSPS) is 42.0. The van der Waals surface area contributed by atoms with E-state index < -0.39 is 81.8 Å². The highest BCUT2D eigenvalue weighted by Gasteiger charge is 2.51. The lowest BCUT2D eigenvalue weighted by atomic mass is 9.96. The molecule has 2 aliphatic heterocycles. The zero-order valence-corrected chi connectivity index (χ0v) is 17.3. The van der Waals surface area contributed by atoms with Gasteiger partial charge in [-0.2, -0.15) is 0 Å². The van der Waals surface area contributed by atoms with Crippen molar-refractivity contribution >= 4 is 7.60 Å². The first-order chi connectivity index (χ1) is 14.5. The summed E-state index contributed by atoms with van der Waals surface area (Å²) in [7, 11) is -4.44. The van der Waals surface area contributed by atoms with Crippen molar-refractivity contribution in [3.8, 4) is 0 Å². The van der Waals surface area contributed by atoms with Crippen LogP contribution in [0.1, 0.15) is 6.42 Å². The third kappa shape index (κ3) is 7.07. The lowest BCUT2D eigenvalue weighted by Gasteiger charge is -2.46. The summed E-state index contributed by atoms with van der Waals surface area (Å²) in [5, 5.41) is 60.2. The fraction of sp³-hybridized carbons (Fsp3) is 1.00. The third-order valence-corrected chi connectivity index (χ3v) is 5.81. The van der Waals surface area contributed by atoms with Crippen LogP contribution in [0.15, 0.2) is 0 Å². The van der Waals surface area contributed by atoms with Crippen LogP contribution in [0.2, 0.25) is 0 Å². The second kappa shape index (κ2) is 11.7.